The number of benzene rings is 4. The predicted octanol–water partition coefficient (Wildman–Crippen LogP) is 3.03. The van der Waals surface area contributed by atoms with E-state index in [1.165, 1.54) is 0 Å². The Balaban J connectivity index is 1.55. The molecule has 2 aliphatic heterocycles. The molecular weight excluding hydrogens is 1090 g/mol. The van der Waals surface area contributed by atoms with Gasteiger partial charge in [-0.25, -0.2) is 0 Å². The summed E-state index contributed by atoms with van der Waals surface area (Å²) in [7, 11) is -20.3. The Hall–Kier alpha value is -4.60. The van der Waals surface area contributed by atoms with E-state index in [9.17, 15) is 51.9 Å². The van der Waals surface area contributed by atoms with E-state index in [4.69, 9.17) is 56.8 Å². The van der Waals surface area contributed by atoms with Crippen LogP contribution in [-0.4, -0.2) is 184 Å². The molecule has 0 spiro atoms. The van der Waals surface area contributed by atoms with Gasteiger partial charge in [0.15, 0.2) is 0 Å². The number of hydrogen-bond acceptors (Lipinski definition) is 20. The molecule has 0 amide bonds. The highest BCUT2D eigenvalue weighted by atomic mass is 32.2. The van der Waals surface area contributed by atoms with Gasteiger partial charge in [-0.2, -0.15) is 33.7 Å². The third-order valence-corrected chi connectivity index (χ3v) is 15.0. The predicted molar refractivity (Wildman–Crippen MR) is 265 cm³/mol. The summed E-state index contributed by atoms with van der Waals surface area (Å²) in [6.45, 7) is 1.29. The first-order valence-electron chi connectivity index (χ1n) is 23.9. The van der Waals surface area contributed by atoms with E-state index in [1.54, 1.807) is 0 Å². The third-order valence-electron chi connectivity index (χ3n) is 11.7. The van der Waals surface area contributed by atoms with Gasteiger partial charge >= 0.3 is 0 Å². The van der Waals surface area contributed by atoms with Crippen LogP contribution in [0.2, 0.25) is 0 Å². The second-order valence-corrected chi connectivity index (χ2v) is 22.9. The highest BCUT2D eigenvalue weighted by Gasteiger charge is 2.29. The molecule has 28 heteroatoms. The average molecular weight is 1150 g/mol. The standard InChI is InChI=1S/C48H60O24S4/c49-73(50,51)41-25-33-21-34-26-42(74(52,53)54)30-38-24-40-32-44(76(58,59)60)28-36-22-35-27-43(75(55,56)57)31-39(47(35)71-19-15-67-11-7-63-3-4-64-8-12-68-16-20-72-48(36)40)23-37(29-41)45(33)69-17-13-65-9-5-61-1-2-62-6-10-66-14-18-70-46(34)38/h25-32H,1-24H2,(H,49,50,51)(H,52,53,54)(H,55,56,57)(H,58,59,60). The molecule has 76 heavy (non-hydrogen) atoms. The van der Waals surface area contributed by atoms with E-state index < -0.39 is 85.7 Å². The van der Waals surface area contributed by atoms with E-state index in [0.29, 0.717) is 0 Å². The lowest BCUT2D eigenvalue weighted by atomic mass is 9.91. The van der Waals surface area contributed by atoms with Crippen LogP contribution in [0.4, 0.5) is 0 Å². The zero-order chi connectivity index (χ0) is 54.4. The van der Waals surface area contributed by atoms with Crippen LogP contribution in [0.5, 0.6) is 23.0 Å². The quantitative estimate of drug-likeness (QED) is 0.188. The van der Waals surface area contributed by atoms with Crippen LogP contribution in [0.15, 0.2) is 68.1 Å². The summed E-state index contributed by atoms with van der Waals surface area (Å²) in [4.78, 5) is -2.67. The lowest BCUT2D eigenvalue weighted by molar-refractivity contribution is -0.00706. The molecule has 1 aliphatic carbocycles. The first-order valence-corrected chi connectivity index (χ1v) is 29.7. The Labute approximate surface area is 440 Å². The van der Waals surface area contributed by atoms with Crippen molar-refractivity contribution in [2.45, 2.75) is 45.3 Å². The molecule has 4 aromatic carbocycles. The topological polar surface area (TPSA) is 328 Å². The van der Waals surface area contributed by atoms with Gasteiger partial charge in [0.2, 0.25) is 0 Å². The van der Waals surface area contributed by atoms with Gasteiger partial charge in [0.1, 0.15) is 49.4 Å². The van der Waals surface area contributed by atoms with Crippen LogP contribution in [0.25, 0.3) is 0 Å². The van der Waals surface area contributed by atoms with Gasteiger partial charge in [-0.3, -0.25) is 18.2 Å². The monoisotopic (exact) mass is 1150 g/mol. The molecule has 24 nitrogen and oxygen atoms in total. The van der Waals surface area contributed by atoms with E-state index in [1.807, 2.05) is 0 Å². The first kappa shape index (κ1) is 59.1. The Kier molecular flexibility index (Phi) is 21.2. The molecule has 0 saturated carbocycles. The van der Waals surface area contributed by atoms with Crippen LogP contribution < -0.4 is 18.9 Å². The van der Waals surface area contributed by atoms with E-state index in [-0.39, 0.29) is 200 Å². The lowest BCUT2D eigenvalue weighted by Crippen LogP contribution is -2.16. The highest BCUT2D eigenvalue weighted by Crippen LogP contribution is 2.42. The average Bonchev–Trinajstić information content (AvgIpc) is 3.34. The molecule has 4 N–H and O–H groups in total. The van der Waals surface area contributed by atoms with Crippen LogP contribution in [0, 0.1) is 0 Å². The van der Waals surface area contributed by atoms with Gasteiger partial charge in [-0.05, 0) is 48.5 Å². The molecule has 2 heterocycles. The Bertz CT molecular complexity index is 2680. The number of ether oxygens (including phenoxy) is 12. The van der Waals surface area contributed by atoms with Gasteiger partial charge in [0.05, 0.1) is 125 Å². The highest BCUT2D eigenvalue weighted by molar-refractivity contribution is 7.86. The van der Waals surface area contributed by atoms with Crippen molar-refractivity contribution in [3.63, 3.8) is 0 Å². The summed E-state index contributed by atoms with van der Waals surface area (Å²) in [5.74, 6) is -0.171. The Morgan fingerprint density at radius 2 is 0.368 bits per heavy atom. The van der Waals surface area contributed by atoms with Crippen molar-refractivity contribution in [2.24, 2.45) is 0 Å². The molecule has 0 aromatic heterocycles. The summed E-state index contributed by atoms with van der Waals surface area (Å²) >= 11 is 0. The van der Waals surface area contributed by atoms with Crippen molar-refractivity contribution in [1.29, 1.82) is 0 Å². The maximum atomic E-state index is 13.2. The molecule has 4 aromatic rings. The minimum atomic E-state index is -5.08. The molecule has 7 rings (SSSR count). The largest absolute Gasteiger partial charge is 0.491 e. The zero-order valence-corrected chi connectivity index (χ0v) is 44.4. The molecule has 420 valence electrons. The Morgan fingerprint density at radius 1 is 0.237 bits per heavy atom. The van der Waals surface area contributed by atoms with E-state index in [2.05, 4.69) is 0 Å². The minimum Gasteiger partial charge on any atom is -0.491 e. The van der Waals surface area contributed by atoms with Crippen molar-refractivity contribution < 1.29 is 109 Å². The van der Waals surface area contributed by atoms with Crippen molar-refractivity contribution in [3.8, 4) is 23.0 Å². The zero-order valence-electron chi connectivity index (χ0n) is 41.2. The second kappa shape index (κ2) is 27.3. The third kappa shape index (κ3) is 17.2. The van der Waals surface area contributed by atoms with Crippen LogP contribution in [-0.2, 0) is 104 Å². The summed E-state index contributed by atoms with van der Waals surface area (Å²) in [6, 6.07) is 8.63. The summed E-state index contributed by atoms with van der Waals surface area (Å²) in [6.07, 6.45) is -1.89. The fourth-order valence-electron chi connectivity index (χ4n) is 8.43. The van der Waals surface area contributed by atoms with E-state index >= 15 is 0 Å². The molecule has 12 bridgehead atoms. The molecule has 0 unspecified atom stereocenters. The van der Waals surface area contributed by atoms with Gasteiger partial charge in [0.25, 0.3) is 40.5 Å². The summed E-state index contributed by atoms with van der Waals surface area (Å²) < 4.78 is 220. The maximum absolute atomic E-state index is 13.2. The fourth-order valence-corrected chi connectivity index (χ4v) is 10.8. The molecule has 0 saturated heterocycles. The molecule has 0 fully saturated rings. The van der Waals surface area contributed by atoms with Crippen LogP contribution in [0.1, 0.15) is 44.5 Å². The molecule has 0 atom stereocenters. The second-order valence-electron chi connectivity index (χ2n) is 17.2. The van der Waals surface area contributed by atoms with Gasteiger partial charge in [-0.15, -0.1) is 0 Å². The molecule has 0 radical (unpaired) electrons. The van der Waals surface area contributed by atoms with Crippen molar-refractivity contribution >= 4 is 40.5 Å². The maximum Gasteiger partial charge on any atom is 0.294 e. The minimum absolute atomic E-state index is 0.0126. The van der Waals surface area contributed by atoms with Crippen molar-refractivity contribution in [2.75, 3.05) is 132 Å². The van der Waals surface area contributed by atoms with Gasteiger partial charge < -0.3 is 56.8 Å². The SMILES string of the molecule is O=S(=O)(O)c1cc2c3c(c1)Cc1cc(S(=O)(=O)O)cc4c1OCCOCCOCCOCCOCCOc1c(cc(S(=O)(=O)O)cc1Cc1cc(S(=O)(=O)O)cc(c1OCCOCCOCCOCCOCCO3)C2)C4. The van der Waals surface area contributed by atoms with Crippen molar-refractivity contribution in [3.05, 3.63) is 93.0 Å². The van der Waals surface area contributed by atoms with Crippen LogP contribution >= 0.6 is 0 Å². The lowest BCUT2D eigenvalue weighted by Gasteiger charge is -2.24. The molecular formula is C48H60O24S4. The van der Waals surface area contributed by atoms with Gasteiger partial charge in [-0.1, -0.05) is 0 Å². The van der Waals surface area contributed by atoms with Crippen LogP contribution in [0.3, 0.4) is 0 Å². The normalized spacial score (nSPS) is 18.5. The number of hydrogen-bond donors (Lipinski definition) is 4. The fraction of sp³-hybridized carbons (Fsp3) is 0.500. The smallest absolute Gasteiger partial charge is 0.294 e. The summed E-state index contributed by atoms with van der Waals surface area (Å²) in [5.41, 5.74) is -0.111. The van der Waals surface area contributed by atoms with Gasteiger partial charge in [0, 0.05) is 70.2 Å². The van der Waals surface area contributed by atoms with E-state index in [0.717, 1.165) is 48.5 Å². The summed E-state index contributed by atoms with van der Waals surface area (Å²) in [5, 5.41) is 0. The first-order chi connectivity index (χ1) is 36.3. The number of rotatable bonds is 4. The Morgan fingerprint density at radius 3 is 0.500 bits per heavy atom. The van der Waals surface area contributed by atoms with Crippen molar-refractivity contribution in [1.82, 2.24) is 0 Å². The molecule has 3 aliphatic rings.